The third kappa shape index (κ3) is 4.22. The van der Waals surface area contributed by atoms with E-state index in [2.05, 4.69) is 9.97 Å². The van der Waals surface area contributed by atoms with Crippen LogP contribution in [0.5, 0.6) is 11.5 Å². The van der Waals surface area contributed by atoms with Crippen LogP contribution in [-0.2, 0) is 11.2 Å². The molecule has 1 amide bonds. The van der Waals surface area contributed by atoms with Gasteiger partial charge in [-0.15, -0.1) is 0 Å². The topological polar surface area (TPSA) is 182 Å². The lowest BCUT2D eigenvalue weighted by Gasteiger charge is -2.40. The first kappa shape index (κ1) is 21.2. The third-order valence-electron chi connectivity index (χ3n) is 5.77. The van der Waals surface area contributed by atoms with Crippen LogP contribution in [0, 0.1) is 0 Å². The number of aromatic nitrogens is 2. The molecule has 2 fully saturated rings. The standard InChI is InChI=1S/C19H23BN4O7/c21-14(3-9-5-22-8-23-9)18(26)24-6-10(7-24)31-15-2-1-11(12-4-13(12)20(29)30)17(25)16(15)19(27)28/h1-2,5,8,10,12-14,25,29-30H,3-4,6-7,21H2,(H,22,23)(H,27,28)/t12-,13-,14+/m1/s1. The number of phenols is 1. The summed E-state index contributed by atoms with van der Waals surface area (Å²) in [5.41, 5.74) is 6.68. The Bertz CT molecular complexity index is 978. The number of aromatic amines is 1. The van der Waals surface area contributed by atoms with Gasteiger partial charge in [-0.1, -0.05) is 6.07 Å². The van der Waals surface area contributed by atoms with E-state index in [-0.39, 0.29) is 36.2 Å². The molecule has 12 heteroatoms. The summed E-state index contributed by atoms with van der Waals surface area (Å²) in [5.74, 6) is -2.79. The Hall–Kier alpha value is -3.09. The highest BCUT2D eigenvalue weighted by molar-refractivity contribution is 6.44. The molecule has 2 heterocycles. The van der Waals surface area contributed by atoms with Crippen LogP contribution in [0.4, 0.5) is 0 Å². The van der Waals surface area contributed by atoms with Crippen LogP contribution in [-0.4, -0.2) is 79.4 Å². The molecule has 31 heavy (non-hydrogen) atoms. The number of imidazole rings is 1. The number of nitrogens with one attached hydrogen (secondary N) is 1. The predicted octanol–water partition coefficient (Wildman–Crippen LogP) is -0.697. The lowest BCUT2D eigenvalue weighted by Crippen LogP contribution is -2.60. The van der Waals surface area contributed by atoms with Gasteiger partial charge in [-0.3, -0.25) is 4.79 Å². The van der Waals surface area contributed by atoms with Gasteiger partial charge in [-0.2, -0.15) is 0 Å². The van der Waals surface area contributed by atoms with Crippen molar-refractivity contribution in [1.29, 1.82) is 0 Å². The number of aromatic hydroxyl groups is 1. The zero-order valence-corrected chi connectivity index (χ0v) is 16.5. The summed E-state index contributed by atoms with van der Waals surface area (Å²) < 4.78 is 5.73. The van der Waals surface area contributed by atoms with Crippen LogP contribution in [0.25, 0.3) is 0 Å². The number of carbonyl (C=O) groups excluding carboxylic acids is 1. The number of amides is 1. The number of aromatic carboxylic acids is 1. The molecule has 164 valence electrons. The number of benzene rings is 1. The first-order chi connectivity index (χ1) is 14.8. The third-order valence-corrected chi connectivity index (χ3v) is 5.77. The lowest BCUT2D eigenvalue weighted by atomic mass is 9.81. The number of carbonyl (C=O) groups is 2. The van der Waals surface area contributed by atoms with Gasteiger partial charge >= 0.3 is 13.1 Å². The summed E-state index contributed by atoms with van der Waals surface area (Å²) >= 11 is 0. The van der Waals surface area contributed by atoms with Gasteiger partial charge in [0.1, 0.15) is 23.2 Å². The summed E-state index contributed by atoms with van der Waals surface area (Å²) in [6.45, 7) is 0.497. The van der Waals surface area contributed by atoms with Gasteiger partial charge in [0.2, 0.25) is 5.91 Å². The molecule has 1 aromatic heterocycles. The van der Waals surface area contributed by atoms with Crippen molar-refractivity contribution in [3.63, 3.8) is 0 Å². The zero-order chi connectivity index (χ0) is 22.3. The van der Waals surface area contributed by atoms with E-state index in [1.165, 1.54) is 23.4 Å². The minimum absolute atomic E-state index is 0.00523. The quantitative estimate of drug-likeness (QED) is 0.295. The summed E-state index contributed by atoms with van der Waals surface area (Å²) in [7, 11) is -1.52. The Morgan fingerprint density at radius 1 is 1.35 bits per heavy atom. The maximum atomic E-state index is 12.4. The molecule has 1 saturated heterocycles. The van der Waals surface area contributed by atoms with Gasteiger partial charge in [-0.25, -0.2) is 9.78 Å². The van der Waals surface area contributed by atoms with Crippen LogP contribution >= 0.6 is 0 Å². The number of ether oxygens (including phenoxy) is 1. The van der Waals surface area contributed by atoms with E-state index in [9.17, 15) is 29.9 Å². The van der Waals surface area contributed by atoms with E-state index < -0.39 is 36.8 Å². The summed E-state index contributed by atoms with van der Waals surface area (Å²) in [6.07, 6.45) is 3.45. The van der Waals surface area contributed by atoms with Crippen molar-refractivity contribution in [1.82, 2.24) is 14.9 Å². The van der Waals surface area contributed by atoms with E-state index in [1.54, 1.807) is 6.20 Å². The van der Waals surface area contributed by atoms with Crippen molar-refractivity contribution in [3.8, 4) is 11.5 Å². The van der Waals surface area contributed by atoms with Crippen molar-refractivity contribution in [2.75, 3.05) is 13.1 Å². The number of nitrogens with zero attached hydrogens (tertiary/aromatic N) is 2. The Morgan fingerprint density at radius 2 is 2.10 bits per heavy atom. The van der Waals surface area contributed by atoms with Gasteiger partial charge in [0.15, 0.2) is 0 Å². The van der Waals surface area contributed by atoms with E-state index in [0.29, 0.717) is 18.4 Å². The molecule has 1 aliphatic carbocycles. The molecule has 2 aromatic rings. The average molecular weight is 430 g/mol. The molecule has 3 atom stereocenters. The van der Waals surface area contributed by atoms with E-state index in [1.807, 2.05) is 0 Å². The average Bonchev–Trinajstić information content (AvgIpc) is 3.32. The number of hydrogen-bond acceptors (Lipinski definition) is 8. The normalized spacial score (nSPS) is 21.3. The maximum absolute atomic E-state index is 12.4. The molecule has 0 bridgehead atoms. The Kier molecular flexibility index (Phi) is 5.61. The van der Waals surface area contributed by atoms with Gasteiger partial charge in [0.05, 0.1) is 25.5 Å². The summed E-state index contributed by atoms with van der Waals surface area (Å²) in [4.78, 5) is 32.5. The molecular weight excluding hydrogens is 407 g/mol. The van der Waals surface area contributed by atoms with Crippen LogP contribution in [0.3, 0.4) is 0 Å². The van der Waals surface area contributed by atoms with Crippen LogP contribution < -0.4 is 10.5 Å². The SMILES string of the molecule is N[C@@H](Cc1cnc[nH]1)C(=O)N1CC(Oc2ccc([C@H]3C[C@H]3B(O)O)c(O)c2C(=O)O)C1. The minimum Gasteiger partial charge on any atom is -0.507 e. The largest absolute Gasteiger partial charge is 0.507 e. The first-order valence-electron chi connectivity index (χ1n) is 9.89. The van der Waals surface area contributed by atoms with Crippen molar-refractivity contribution in [2.24, 2.45) is 5.73 Å². The fraction of sp³-hybridized carbons (Fsp3) is 0.421. The summed E-state index contributed by atoms with van der Waals surface area (Å²) in [6, 6.07) is 2.26. The molecule has 2 aliphatic rings. The van der Waals surface area contributed by atoms with Crippen molar-refractivity contribution < 1.29 is 34.6 Å². The molecule has 4 rings (SSSR count). The van der Waals surface area contributed by atoms with Gasteiger partial charge in [-0.05, 0) is 24.0 Å². The van der Waals surface area contributed by atoms with Crippen LogP contribution in [0.15, 0.2) is 24.7 Å². The number of H-pyrrole nitrogens is 1. The van der Waals surface area contributed by atoms with Crippen molar-refractivity contribution in [2.45, 2.75) is 36.7 Å². The van der Waals surface area contributed by atoms with Gasteiger partial charge in [0.25, 0.3) is 0 Å². The number of carboxylic acids is 1. The van der Waals surface area contributed by atoms with Gasteiger partial charge < -0.3 is 40.6 Å². The van der Waals surface area contributed by atoms with Crippen LogP contribution in [0.1, 0.15) is 34.0 Å². The summed E-state index contributed by atoms with van der Waals surface area (Å²) in [5, 5.41) is 38.6. The van der Waals surface area contributed by atoms with E-state index in [4.69, 9.17) is 10.5 Å². The Balaban J connectivity index is 1.38. The molecule has 1 aliphatic heterocycles. The number of hydrogen-bond donors (Lipinski definition) is 6. The molecule has 7 N–H and O–H groups in total. The molecule has 1 aromatic carbocycles. The van der Waals surface area contributed by atoms with Gasteiger partial charge in [0, 0.05) is 24.1 Å². The Morgan fingerprint density at radius 3 is 2.68 bits per heavy atom. The fourth-order valence-electron chi connectivity index (χ4n) is 3.92. The number of likely N-dealkylation sites (tertiary alicyclic amines) is 1. The number of carboxylic acid groups (broad SMARTS) is 1. The van der Waals surface area contributed by atoms with Crippen molar-refractivity contribution in [3.05, 3.63) is 41.5 Å². The highest BCUT2D eigenvalue weighted by atomic mass is 16.5. The lowest BCUT2D eigenvalue weighted by molar-refractivity contribution is -0.141. The van der Waals surface area contributed by atoms with Crippen molar-refractivity contribution >= 4 is 19.0 Å². The highest BCUT2D eigenvalue weighted by Gasteiger charge is 2.48. The maximum Gasteiger partial charge on any atom is 0.455 e. The molecule has 1 saturated carbocycles. The first-order valence-corrected chi connectivity index (χ1v) is 9.89. The second-order valence-corrected chi connectivity index (χ2v) is 7.97. The molecule has 11 nitrogen and oxygen atoms in total. The van der Waals surface area contributed by atoms with E-state index >= 15 is 0 Å². The predicted molar refractivity (Wildman–Crippen MR) is 108 cm³/mol. The fourth-order valence-corrected chi connectivity index (χ4v) is 3.92. The highest BCUT2D eigenvalue weighted by Crippen LogP contribution is 2.56. The second-order valence-electron chi connectivity index (χ2n) is 7.97. The number of nitrogens with two attached hydrogens (primary N) is 1. The van der Waals surface area contributed by atoms with Crippen LogP contribution in [0.2, 0.25) is 5.82 Å². The Labute approximate surface area is 177 Å². The number of rotatable bonds is 8. The monoisotopic (exact) mass is 430 g/mol. The second kappa shape index (κ2) is 8.21. The molecular formula is C19H23BN4O7. The molecule has 0 spiro atoms. The molecule has 0 unspecified atom stereocenters. The smallest absolute Gasteiger partial charge is 0.455 e. The molecule has 0 radical (unpaired) electrons. The minimum atomic E-state index is -1.52. The van der Waals surface area contributed by atoms with E-state index in [0.717, 1.165) is 5.69 Å². The zero-order valence-electron chi connectivity index (χ0n) is 16.5.